The van der Waals surface area contributed by atoms with E-state index in [2.05, 4.69) is 170 Å². The molecule has 0 saturated carbocycles. The van der Waals surface area contributed by atoms with Gasteiger partial charge in [0.15, 0.2) is 0 Å². The summed E-state index contributed by atoms with van der Waals surface area (Å²) in [5.74, 6) is 0. The molecule has 0 N–H and O–H groups in total. The van der Waals surface area contributed by atoms with Gasteiger partial charge in [0.25, 0.3) is 0 Å². The van der Waals surface area contributed by atoms with Crippen LogP contribution in [-0.2, 0) is 0 Å². The third kappa shape index (κ3) is 5.45. The van der Waals surface area contributed by atoms with Crippen molar-refractivity contribution in [3.05, 3.63) is 193 Å². The maximum atomic E-state index is 9.57. The summed E-state index contributed by atoms with van der Waals surface area (Å²) in [6.45, 7) is 2.12. The quantitative estimate of drug-likeness (QED) is 0.165. The molecule has 0 radical (unpaired) electrons. The fourth-order valence-corrected chi connectivity index (χ4v) is 7.94. The Bertz CT molecular complexity index is 2710. The maximum Gasteiger partial charge on any atom is 0.0991 e. The van der Waals surface area contributed by atoms with E-state index in [-0.39, 0.29) is 0 Å². The van der Waals surface area contributed by atoms with Crippen LogP contribution in [-0.4, -0.2) is 0 Å². The molecule has 0 aliphatic heterocycles. The first-order chi connectivity index (χ1) is 25.7. The normalized spacial score (nSPS) is 12.6. The number of hydrogen-bond acceptors (Lipinski definition) is 2. The van der Waals surface area contributed by atoms with Crippen LogP contribution in [0.3, 0.4) is 0 Å². The molecule has 8 aromatic rings. The highest BCUT2D eigenvalue weighted by Crippen LogP contribution is 2.49. The highest BCUT2D eigenvalue weighted by molar-refractivity contribution is 6.32. The minimum atomic E-state index is 0.645. The Morgan fingerprint density at radius 1 is 0.538 bits per heavy atom. The van der Waals surface area contributed by atoms with Crippen molar-refractivity contribution >= 4 is 55.0 Å². The molecule has 1 aliphatic carbocycles. The van der Waals surface area contributed by atoms with Gasteiger partial charge in [-0.25, -0.2) is 0 Å². The van der Waals surface area contributed by atoms with Gasteiger partial charge < -0.3 is 4.90 Å². The number of nitriles is 1. The lowest BCUT2D eigenvalue weighted by Gasteiger charge is -2.27. The predicted octanol–water partition coefficient (Wildman–Crippen LogP) is 13.9. The van der Waals surface area contributed by atoms with Gasteiger partial charge in [0, 0.05) is 17.1 Å². The molecule has 0 amide bonds. The first-order valence-corrected chi connectivity index (χ1v) is 18.0. The summed E-state index contributed by atoms with van der Waals surface area (Å²) >= 11 is 0. The van der Waals surface area contributed by atoms with Gasteiger partial charge in [0.1, 0.15) is 0 Å². The third-order valence-electron chi connectivity index (χ3n) is 10.4. The Kier molecular flexibility index (Phi) is 7.95. The van der Waals surface area contributed by atoms with Gasteiger partial charge >= 0.3 is 0 Å². The Morgan fingerprint density at radius 3 is 1.79 bits per heavy atom. The Labute approximate surface area is 304 Å². The van der Waals surface area contributed by atoms with Crippen molar-refractivity contribution < 1.29 is 0 Å². The van der Waals surface area contributed by atoms with E-state index in [1.54, 1.807) is 0 Å². The molecule has 2 nitrogen and oxygen atoms in total. The number of aryl methyl sites for hydroxylation is 1. The Balaban J connectivity index is 1.43. The van der Waals surface area contributed by atoms with E-state index in [0.717, 1.165) is 29.9 Å². The summed E-state index contributed by atoms with van der Waals surface area (Å²) in [5.41, 5.74) is 12.6. The van der Waals surface area contributed by atoms with Crippen molar-refractivity contribution in [2.45, 2.75) is 19.8 Å². The molecule has 0 bridgehead atoms. The zero-order chi connectivity index (χ0) is 35.0. The summed E-state index contributed by atoms with van der Waals surface area (Å²) in [6, 6.07) is 58.9. The molecule has 0 heterocycles. The van der Waals surface area contributed by atoms with E-state index in [4.69, 9.17) is 0 Å². The Hall–Kier alpha value is -6.69. The lowest BCUT2D eigenvalue weighted by molar-refractivity contribution is 1.06. The number of rotatable bonds is 6. The van der Waals surface area contributed by atoms with Gasteiger partial charge in [0.05, 0.1) is 11.6 Å². The predicted molar refractivity (Wildman–Crippen MR) is 220 cm³/mol. The van der Waals surface area contributed by atoms with E-state index in [9.17, 15) is 5.26 Å². The lowest BCUT2D eigenvalue weighted by Crippen LogP contribution is -2.10. The van der Waals surface area contributed by atoms with Gasteiger partial charge in [-0.05, 0) is 140 Å². The largest absolute Gasteiger partial charge is 0.310 e. The van der Waals surface area contributed by atoms with Crippen LogP contribution in [0.15, 0.2) is 176 Å². The molecule has 0 spiro atoms. The van der Waals surface area contributed by atoms with Crippen molar-refractivity contribution in [1.82, 2.24) is 0 Å². The second kappa shape index (κ2) is 13.2. The number of hydrogen-bond donors (Lipinski definition) is 0. The van der Waals surface area contributed by atoms with Crippen LogP contribution in [0.4, 0.5) is 17.1 Å². The summed E-state index contributed by atoms with van der Waals surface area (Å²) in [4.78, 5) is 2.30. The van der Waals surface area contributed by atoms with Crippen LogP contribution in [0.2, 0.25) is 0 Å². The van der Waals surface area contributed by atoms with E-state index in [0.29, 0.717) is 5.56 Å². The third-order valence-corrected chi connectivity index (χ3v) is 10.4. The molecule has 0 atom stereocenters. The van der Waals surface area contributed by atoms with Crippen molar-refractivity contribution in [3.63, 3.8) is 0 Å². The van der Waals surface area contributed by atoms with Gasteiger partial charge in [-0.1, -0.05) is 127 Å². The van der Waals surface area contributed by atoms with Crippen molar-refractivity contribution in [3.8, 4) is 28.3 Å². The zero-order valence-electron chi connectivity index (χ0n) is 29.1. The minimum absolute atomic E-state index is 0.645. The number of benzene rings is 8. The fraction of sp³-hybridized carbons (Fsp3) is 0.0600. The number of anilines is 3. The summed E-state index contributed by atoms with van der Waals surface area (Å²) < 4.78 is 0. The molecular formula is C50H36N2. The van der Waals surface area contributed by atoms with Crippen molar-refractivity contribution in [2.24, 2.45) is 0 Å². The molecule has 9 rings (SSSR count). The lowest BCUT2D eigenvalue weighted by atomic mass is 9.80. The second-order valence-electron chi connectivity index (χ2n) is 13.6. The molecule has 52 heavy (non-hydrogen) atoms. The summed E-state index contributed by atoms with van der Waals surface area (Å²) in [5, 5.41) is 17.1. The zero-order valence-corrected chi connectivity index (χ0v) is 29.1. The molecule has 8 aromatic carbocycles. The molecule has 0 saturated heterocycles. The highest BCUT2D eigenvalue weighted by atomic mass is 15.1. The molecule has 0 aromatic heterocycles. The van der Waals surface area contributed by atoms with Crippen molar-refractivity contribution in [2.75, 3.05) is 4.90 Å². The Morgan fingerprint density at radius 2 is 1.13 bits per heavy atom. The van der Waals surface area contributed by atoms with Crippen LogP contribution in [0.25, 0.3) is 60.1 Å². The van der Waals surface area contributed by atoms with Gasteiger partial charge in [-0.2, -0.15) is 5.26 Å². The summed E-state index contributed by atoms with van der Waals surface area (Å²) in [7, 11) is 0. The van der Waals surface area contributed by atoms with E-state index >= 15 is 0 Å². The average Bonchev–Trinajstić information content (AvgIpc) is 3.22. The number of allylic oxidation sites excluding steroid dienone is 4. The highest BCUT2D eigenvalue weighted by Gasteiger charge is 2.23. The number of nitrogens with zero attached hydrogens (tertiary/aromatic N) is 2. The van der Waals surface area contributed by atoms with Crippen LogP contribution < -0.4 is 4.90 Å². The topological polar surface area (TPSA) is 27.0 Å². The standard InChI is InChI=1S/C50H36N2/c1-34-21-25-39(26-22-34)52(40-27-23-35(33-51)24-28-40)41-29-30-44-47(31-41)42-19-11-12-20-43(42)49-46(37-15-7-3-8-16-37)32-45(36-13-5-2-6-14-36)48(50(44)49)38-17-9-4-10-18-38/h2-9,11-17,19-32H,10,18H2,1H3. The summed E-state index contributed by atoms with van der Waals surface area (Å²) in [6.07, 6.45) is 8.83. The van der Waals surface area contributed by atoms with Gasteiger partial charge in [-0.15, -0.1) is 0 Å². The SMILES string of the molecule is Cc1ccc(N(c2ccc(C#N)cc2)c2ccc3c(c2)c2ccccc2c2c(-c4ccccc4)cc(-c4ccccc4)c(C4=CC=CCC4)c32)cc1. The van der Waals surface area contributed by atoms with Gasteiger partial charge in [-0.3, -0.25) is 0 Å². The molecule has 2 heteroatoms. The monoisotopic (exact) mass is 664 g/mol. The molecule has 0 unspecified atom stereocenters. The molecule has 1 aliphatic rings. The smallest absolute Gasteiger partial charge is 0.0991 e. The first kappa shape index (κ1) is 31.3. The van der Waals surface area contributed by atoms with Crippen molar-refractivity contribution in [1.29, 1.82) is 5.26 Å². The van der Waals surface area contributed by atoms with Crippen LogP contribution in [0, 0.1) is 18.3 Å². The van der Waals surface area contributed by atoms with E-state index < -0.39 is 0 Å². The fourth-order valence-electron chi connectivity index (χ4n) is 7.94. The second-order valence-corrected chi connectivity index (χ2v) is 13.6. The van der Waals surface area contributed by atoms with Crippen LogP contribution in [0.5, 0.6) is 0 Å². The molecular weight excluding hydrogens is 629 g/mol. The first-order valence-electron chi connectivity index (χ1n) is 18.0. The molecule has 0 fully saturated rings. The van der Waals surface area contributed by atoms with Crippen LogP contribution in [0.1, 0.15) is 29.5 Å². The van der Waals surface area contributed by atoms with E-state index in [1.807, 2.05) is 24.3 Å². The average molecular weight is 665 g/mol. The number of fused-ring (bicyclic) bond motifs is 6. The minimum Gasteiger partial charge on any atom is -0.310 e. The maximum absolute atomic E-state index is 9.57. The van der Waals surface area contributed by atoms with E-state index in [1.165, 1.54) is 71.3 Å². The van der Waals surface area contributed by atoms with Crippen LogP contribution >= 0.6 is 0 Å². The molecule has 246 valence electrons. The van der Waals surface area contributed by atoms with Gasteiger partial charge in [0.2, 0.25) is 0 Å².